The van der Waals surface area contributed by atoms with Crippen molar-refractivity contribution in [1.29, 1.82) is 0 Å². The van der Waals surface area contributed by atoms with Gasteiger partial charge in [-0.2, -0.15) is 0 Å². The molecule has 0 spiro atoms. The van der Waals surface area contributed by atoms with Crippen molar-refractivity contribution in [3.8, 4) is 0 Å². The standard InChI is InChI=1S/C6H11N3O2S/c1-4(3-5(10)11-2)8-9-6(7)12/h3,8H,1-2H3,(H3,7,9,12)/b4-3-. The van der Waals surface area contributed by atoms with Gasteiger partial charge in [-0.25, -0.2) is 4.79 Å². The second kappa shape index (κ2) is 5.36. The van der Waals surface area contributed by atoms with Crippen LogP contribution in [0.3, 0.4) is 0 Å². The maximum Gasteiger partial charge on any atom is 0.332 e. The van der Waals surface area contributed by atoms with Crippen LogP contribution in [0.5, 0.6) is 0 Å². The summed E-state index contributed by atoms with van der Waals surface area (Å²) in [7, 11) is 1.30. The lowest BCUT2D eigenvalue weighted by Gasteiger charge is -2.06. The van der Waals surface area contributed by atoms with Crippen LogP contribution in [-0.4, -0.2) is 18.2 Å². The third-order valence-corrected chi connectivity index (χ3v) is 1.02. The number of thiocarbonyl (C=S) groups is 1. The number of hydrazine groups is 1. The molecule has 0 saturated carbocycles. The first-order valence-electron chi connectivity index (χ1n) is 3.14. The van der Waals surface area contributed by atoms with E-state index in [-0.39, 0.29) is 5.11 Å². The van der Waals surface area contributed by atoms with Gasteiger partial charge in [0.1, 0.15) is 0 Å². The SMILES string of the molecule is COC(=O)/C=C(/C)NNC(N)=S. The first-order valence-corrected chi connectivity index (χ1v) is 3.54. The molecular formula is C6H11N3O2S. The topological polar surface area (TPSA) is 76.4 Å². The van der Waals surface area contributed by atoms with Gasteiger partial charge in [0.25, 0.3) is 0 Å². The highest BCUT2D eigenvalue weighted by Crippen LogP contribution is 1.85. The Morgan fingerprint density at radius 3 is 2.58 bits per heavy atom. The predicted octanol–water partition coefficient (Wildman–Crippen LogP) is -0.599. The molecule has 4 N–H and O–H groups in total. The summed E-state index contributed by atoms with van der Waals surface area (Å²) in [6, 6.07) is 0. The smallest absolute Gasteiger partial charge is 0.332 e. The molecule has 0 rings (SSSR count). The van der Waals surface area contributed by atoms with Crippen molar-refractivity contribution >= 4 is 23.3 Å². The van der Waals surface area contributed by atoms with E-state index in [0.717, 1.165) is 0 Å². The molecule has 0 aromatic heterocycles. The van der Waals surface area contributed by atoms with Crippen LogP contribution in [0.15, 0.2) is 11.8 Å². The predicted molar refractivity (Wildman–Crippen MR) is 48.8 cm³/mol. The number of methoxy groups -OCH3 is 1. The minimum absolute atomic E-state index is 0.104. The highest BCUT2D eigenvalue weighted by Gasteiger charge is 1.94. The van der Waals surface area contributed by atoms with Crippen LogP contribution >= 0.6 is 12.2 Å². The zero-order valence-electron chi connectivity index (χ0n) is 6.88. The minimum Gasteiger partial charge on any atom is -0.466 e. The molecule has 68 valence electrons. The molecular weight excluding hydrogens is 178 g/mol. The lowest BCUT2D eigenvalue weighted by Crippen LogP contribution is -2.39. The largest absolute Gasteiger partial charge is 0.466 e. The van der Waals surface area contributed by atoms with Crippen molar-refractivity contribution < 1.29 is 9.53 Å². The van der Waals surface area contributed by atoms with E-state index in [4.69, 9.17) is 5.73 Å². The molecule has 0 saturated heterocycles. The van der Waals surface area contributed by atoms with E-state index in [1.165, 1.54) is 13.2 Å². The third kappa shape index (κ3) is 5.48. The Labute approximate surface area is 75.9 Å². The van der Waals surface area contributed by atoms with Crippen LogP contribution < -0.4 is 16.6 Å². The fraction of sp³-hybridized carbons (Fsp3) is 0.333. The number of rotatable bonds is 3. The molecule has 0 aliphatic carbocycles. The number of nitrogens with one attached hydrogen (secondary N) is 2. The lowest BCUT2D eigenvalue weighted by atomic mass is 10.4. The molecule has 0 unspecified atom stereocenters. The van der Waals surface area contributed by atoms with Crippen LogP contribution in [0.25, 0.3) is 0 Å². The summed E-state index contributed by atoms with van der Waals surface area (Å²) >= 11 is 4.52. The summed E-state index contributed by atoms with van der Waals surface area (Å²) in [5.74, 6) is -0.440. The first kappa shape index (κ1) is 10.7. The van der Waals surface area contributed by atoms with E-state index < -0.39 is 5.97 Å². The Morgan fingerprint density at radius 2 is 2.17 bits per heavy atom. The molecule has 0 amide bonds. The summed E-state index contributed by atoms with van der Waals surface area (Å²) in [5.41, 5.74) is 10.7. The van der Waals surface area contributed by atoms with Gasteiger partial charge in [-0.15, -0.1) is 0 Å². The van der Waals surface area contributed by atoms with Crippen LogP contribution in [0.2, 0.25) is 0 Å². The summed E-state index contributed by atoms with van der Waals surface area (Å²) in [5, 5.41) is 0.104. The maximum atomic E-state index is 10.6. The van der Waals surface area contributed by atoms with E-state index in [9.17, 15) is 4.79 Å². The van der Waals surface area contributed by atoms with E-state index in [0.29, 0.717) is 5.70 Å². The second-order valence-electron chi connectivity index (χ2n) is 1.96. The van der Waals surface area contributed by atoms with E-state index >= 15 is 0 Å². The summed E-state index contributed by atoms with van der Waals surface area (Å²) in [6.07, 6.45) is 1.27. The third-order valence-electron chi connectivity index (χ3n) is 0.918. The second-order valence-corrected chi connectivity index (χ2v) is 2.40. The maximum absolute atomic E-state index is 10.6. The molecule has 0 heterocycles. The van der Waals surface area contributed by atoms with Gasteiger partial charge in [0, 0.05) is 11.8 Å². The van der Waals surface area contributed by atoms with Crippen LogP contribution in [-0.2, 0) is 9.53 Å². The average Bonchev–Trinajstić information content (AvgIpc) is 2.00. The normalized spacial score (nSPS) is 10.3. The molecule has 6 heteroatoms. The van der Waals surface area contributed by atoms with Crippen molar-refractivity contribution in [3.63, 3.8) is 0 Å². The van der Waals surface area contributed by atoms with Gasteiger partial charge < -0.3 is 15.9 Å². The van der Waals surface area contributed by atoms with Gasteiger partial charge in [-0.1, -0.05) is 0 Å². The fourth-order valence-electron chi connectivity index (χ4n) is 0.432. The number of esters is 1. The fourth-order valence-corrected chi connectivity index (χ4v) is 0.483. The van der Waals surface area contributed by atoms with Crippen molar-refractivity contribution in [1.82, 2.24) is 10.9 Å². The Balaban J connectivity index is 3.85. The molecule has 0 aliphatic heterocycles. The number of hydrogen-bond acceptors (Lipinski definition) is 4. The zero-order chi connectivity index (χ0) is 9.56. The summed E-state index contributed by atoms with van der Waals surface area (Å²) in [6.45, 7) is 1.67. The van der Waals surface area contributed by atoms with E-state index in [1.807, 2.05) is 0 Å². The summed E-state index contributed by atoms with van der Waals surface area (Å²) < 4.78 is 4.38. The number of carbonyl (C=O) groups is 1. The van der Waals surface area contributed by atoms with Crippen molar-refractivity contribution in [2.75, 3.05) is 7.11 Å². The number of carbonyl (C=O) groups excluding carboxylic acids is 1. The minimum atomic E-state index is -0.440. The monoisotopic (exact) mass is 189 g/mol. The number of ether oxygens (including phenoxy) is 1. The molecule has 0 aromatic carbocycles. The molecule has 5 nitrogen and oxygen atoms in total. The van der Waals surface area contributed by atoms with E-state index in [2.05, 4.69) is 27.8 Å². The lowest BCUT2D eigenvalue weighted by molar-refractivity contribution is -0.134. The number of allylic oxidation sites excluding steroid dienone is 1. The highest BCUT2D eigenvalue weighted by molar-refractivity contribution is 7.80. The summed E-state index contributed by atoms with van der Waals surface area (Å²) in [4.78, 5) is 10.6. The molecule has 0 aliphatic rings. The number of nitrogens with two attached hydrogens (primary N) is 1. The van der Waals surface area contributed by atoms with Gasteiger partial charge >= 0.3 is 5.97 Å². The number of hydrogen-bond donors (Lipinski definition) is 3. The van der Waals surface area contributed by atoms with Gasteiger partial charge in [0.05, 0.1) is 7.11 Å². The molecule has 0 atom stereocenters. The Bertz CT molecular complexity index is 215. The van der Waals surface area contributed by atoms with Gasteiger partial charge in [-0.3, -0.25) is 5.43 Å². The molecule has 0 fully saturated rings. The zero-order valence-corrected chi connectivity index (χ0v) is 7.70. The average molecular weight is 189 g/mol. The Morgan fingerprint density at radius 1 is 1.58 bits per heavy atom. The molecule has 0 radical (unpaired) electrons. The van der Waals surface area contributed by atoms with Crippen LogP contribution in [0, 0.1) is 0 Å². The Hall–Kier alpha value is -1.30. The van der Waals surface area contributed by atoms with Gasteiger partial charge in [0.2, 0.25) is 0 Å². The highest BCUT2D eigenvalue weighted by atomic mass is 32.1. The van der Waals surface area contributed by atoms with Crippen LogP contribution in [0.4, 0.5) is 0 Å². The Kier molecular flexibility index (Phi) is 4.78. The molecule has 0 aromatic rings. The first-order chi connectivity index (χ1) is 5.56. The van der Waals surface area contributed by atoms with Crippen LogP contribution in [0.1, 0.15) is 6.92 Å². The van der Waals surface area contributed by atoms with Crippen molar-refractivity contribution in [2.24, 2.45) is 5.73 Å². The van der Waals surface area contributed by atoms with Crippen molar-refractivity contribution in [2.45, 2.75) is 6.92 Å². The van der Waals surface area contributed by atoms with E-state index in [1.54, 1.807) is 6.92 Å². The van der Waals surface area contributed by atoms with Gasteiger partial charge in [0.15, 0.2) is 5.11 Å². The van der Waals surface area contributed by atoms with Crippen molar-refractivity contribution in [3.05, 3.63) is 11.8 Å². The molecule has 12 heavy (non-hydrogen) atoms. The quantitative estimate of drug-likeness (QED) is 0.238. The molecule has 0 bridgehead atoms. The van der Waals surface area contributed by atoms with Gasteiger partial charge in [-0.05, 0) is 19.1 Å².